The molecule has 0 aromatic carbocycles. The summed E-state index contributed by atoms with van der Waals surface area (Å²) in [5, 5.41) is 0. The van der Waals surface area contributed by atoms with Crippen LogP contribution >= 0.6 is 7.87 Å². The molecule has 4 nitrogen and oxygen atoms in total. The van der Waals surface area contributed by atoms with Gasteiger partial charge in [-0.25, -0.2) is 0 Å². The molecular formula is C23H55N4P. The average molecular weight is 419 g/mol. The van der Waals surface area contributed by atoms with Crippen LogP contribution in [-0.2, 0) is 0 Å². The fourth-order valence-electron chi connectivity index (χ4n) is 4.34. The summed E-state index contributed by atoms with van der Waals surface area (Å²) >= 11 is 0. The Morgan fingerprint density at radius 3 is 0.929 bits per heavy atom. The van der Waals surface area contributed by atoms with E-state index in [-0.39, 0.29) is 0 Å². The minimum atomic E-state index is -2.09. The molecule has 0 aromatic rings. The third kappa shape index (κ3) is 8.56. The maximum absolute atomic E-state index is 2.95. The molecule has 0 bridgehead atoms. The quantitative estimate of drug-likeness (QED) is 0.222. The van der Waals surface area contributed by atoms with Crippen molar-refractivity contribution in [3.8, 4) is 0 Å². The van der Waals surface area contributed by atoms with Gasteiger partial charge in [0.2, 0.25) is 0 Å². The van der Waals surface area contributed by atoms with Crippen molar-refractivity contribution in [3.63, 3.8) is 0 Å². The zero-order chi connectivity index (χ0) is 21.4. The first kappa shape index (κ1) is 28.3. The van der Waals surface area contributed by atoms with Crippen LogP contribution in [0.1, 0.15) is 98.8 Å². The SMILES string of the molecule is CCCCN(C)[PH](N(C)CCCC)(N(C)CCCC)N(CCCC)CCCC. The van der Waals surface area contributed by atoms with Crippen molar-refractivity contribution in [2.75, 3.05) is 53.9 Å². The fourth-order valence-corrected chi connectivity index (χ4v) is 9.83. The Hall–Kier alpha value is 0.270. The molecule has 0 saturated heterocycles. The molecule has 0 aliphatic rings. The molecule has 28 heavy (non-hydrogen) atoms. The Morgan fingerprint density at radius 1 is 0.429 bits per heavy atom. The third-order valence-electron chi connectivity index (χ3n) is 6.07. The van der Waals surface area contributed by atoms with E-state index >= 15 is 0 Å². The first-order chi connectivity index (χ1) is 13.5. The monoisotopic (exact) mass is 418 g/mol. The van der Waals surface area contributed by atoms with Crippen LogP contribution in [0, 0.1) is 0 Å². The normalized spacial score (nSPS) is 13.4. The molecule has 0 atom stereocenters. The van der Waals surface area contributed by atoms with Crippen LogP contribution in [0.2, 0.25) is 0 Å². The summed E-state index contributed by atoms with van der Waals surface area (Å²) in [7, 11) is 5.20. The zero-order valence-corrected chi connectivity index (χ0v) is 21.9. The standard InChI is InChI=1S/C23H55N4P/c1-9-14-19-24(6)28(25(7)20-15-10-2,26(8)21-16-11-3)27(22-17-12-4)23-18-13-5/h28H,9-23H2,1-8H3. The maximum atomic E-state index is 2.95. The summed E-state index contributed by atoms with van der Waals surface area (Å²) in [4.78, 5) is 0. The van der Waals surface area contributed by atoms with Gasteiger partial charge in [0.1, 0.15) is 0 Å². The number of hydrogen-bond acceptors (Lipinski definition) is 4. The molecule has 0 aliphatic carbocycles. The van der Waals surface area contributed by atoms with E-state index in [9.17, 15) is 0 Å². The molecular weight excluding hydrogens is 363 g/mol. The summed E-state index contributed by atoms with van der Waals surface area (Å²) < 4.78 is 11.3. The molecule has 0 fully saturated rings. The van der Waals surface area contributed by atoms with Crippen molar-refractivity contribution in [3.05, 3.63) is 0 Å². The average Bonchev–Trinajstić information content (AvgIpc) is 2.70. The van der Waals surface area contributed by atoms with Crippen LogP contribution in [0.4, 0.5) is 0 Å². The molecule has 0 saturated carbocycles. The summed E-state index contributed by atoms with van der Waals surface area (Å²) in [6.45, 7) is 17.8. The summed E-state index contributed by atoms with van der Waals surface area (Å²) in [5.41, 5.74) is 0. The van der Waals surface area contributed by atoms with E-state index < -0.39 is 7.87 Å². The van der Waals surface area contributed by atoms with Crippen LogP contribution in [0.15, 0.2) is 0 Å². The summed E-state index contributed by atoms with van der Waals surface area (Å²) in [6, 6.07) is 0. The first-order valence-corrected chi connectivity index (χ1v) is 14.1. The Morgan fingerprint density at radius 2 is 0.679 bits per heavy atom. The van der Waals surface area contributed by atoms with Crippen LogP contribution in [0.5, 0.6) is 0 Å². The minimum absolute atomic E-state index is 1.21. The van der Waals surface area contributed by atoms with Crippen molar-refractivity contribution in [1.29, 1.82) is 0 Å². The zero-order valence-electron chi connectivity index (χ0n) is 20.9. The van der Waals surface area contributed by atoms with Gasteiger partial charge in [-0.05, 0) is 0 Å². The predicted molar refractivity (Wildman–Crippen MR) is 132 cm³/mol. The summed E-state index contributed by atoms with van der Waals surface area (Å²) in [6.07, 6.45) is 12.9. The molecule has 0 rings (SSSR count). The Labute approximate surface area is 179 Å². The Kier molecular flexibility index (Phi) is 17.2. The number of hydrogen-bond donors (Lipinski definition) is 0. The number of unbranched alkanes of at least 4 members (excludes halogenated alkanes) is 5. The molecule has 0 amide bonds. The molecule has 5 heteroatoms. The Bertz CT molecular complexity index is 309. The molecule has 0 N–H and O–H groups in total. The first-order valence-electron chi connectivity index (χ1n) is 12.4. The van der Waals surface area contributed by atoms with E-state index in [1.807, 2.05) is 0 Å². The van der Waals surface area contributed by atoms with E-state index in [1.165, 1.54) is 96.9 Å². The molecule has 0 aromatic heterocycles. The third-order valence-corrected chi connectivity index (χ3v) is 11.1. The second-order valence-corrected chi connectivity index (χ2v) is 12.7. The van der Waals surface area contributed by atoms with Gasteiger partial charge >= 0.3 is 179 Å². The van der Waals surface area contributed by atoms with Gasteiger partial charge in [-0.3, -0.25) is 0 Å². The van der Waals surface area contributed by atoms with Gasteiger partial charge in [0.15, 0.2) is 0 Å². The second kappa shape index (κ2) is 17.0. The summed E-state index contributed by atoms with van der Waals surface area (Å²) in [5.74, 6) is 0. The van der Waals surface area contributed by atoms with Crippen LogP contribution < -0.4 is 0 Å². The van der Waals surface area contributed by atoms with Gasteiger partial charge in [-0.15, -0.1) is 0 Å². The molecule has 0 heterocycles. The molecule has 0 radical (unpaired) electrons. The van der Waals surface area contributed by atoms with Gasteiger partial charge in [0.05, 0.1) is 0 Å². The van der Waals surface area contributed by atoms with Crippen molar-refractivity contribution >= 4 is 7.87 Å². The van der Waals surface area contributed by atoms with Crippen LogP contribution in [0.3, 0.4) is 0 Å². The molecule has 0 spiro atoms. The van der Waals surface area contributed by atoms with E-state index in [2.05, 4.69) is 74.4 Å². The van der Waals surface area contributed by atoms with Crippen molar-refractivity contribution < 1.29 is 0 Å². The van der Waals surface area contributed by atoms with Gasteiger partial charge in [-0.1, -0.05) is 0 Å². The van der Waals surface area contributed by atoms with E-state index in [0.717, 1.165) is 0 Å². The van der Waals surface area contributed by atoms with Crippen LogP contribution in [0.25, 0.3) is 0 Å². The second-order valence-electron chi connectivity index (χ2n) is 8.62. The van der Waals surface area contributed by atoms with Crippen molar-refractivity contribution in [1.82, 2.24) is 18.7 Å². The van der Waals surface area contributed by atoms with Crippen molar-refractivity contribution in [2.24, 2.45) is 0 Å². The molecule has 0 unspecified atom stereocenters. The number of rotatable bonds is 19. The number of nitrogens with zero attached hydrogens (tertiary/aromatic N) is 4. The van der Waals surface area contributed by atoms with Gasteiger partial charge < -0.3 is 0 Å². The predicted octanol–water partition coefficient (Wildman–Crippen LogP) is 6.49. The van der Waals surface area contributed by atoms with Crippen LogP contribution in [-0.4, -0.2) is 72.5 Å². The van der Waals surface area contributed by atoms with E-state index in [4.69, 9.17) is 0 Å². The fraction of sp³-hybridized carbons (Fsp3) is 1.00. The van der Waals surface area contributed by atoms with Crippen molar-refractivity contribution in [2.45, 2.75) is 98.8 Å². The van der Waals surface area contributed by atoms with Gasteiger partial charge in [-0.2, -0.15) is 0 Å². The Balaban J connectivity index is 6.09. The van der Waals surface area contributed by atoms with Gasteiger partial charge in [0, 0.05) is 0 Å². The topological polar surface area (TPSA) is 13.0 Å². The van der Waals surface area contributed by atoms with E-state index in [0.29, 0.717) is 0 Å². The van der Waals surface area contributed by atoms with E-state index in [1.54, 1.807) is 0 Å². The molecule has 172 valence electrons. The molecule has 0 aliphatic heterocycles. The van der Waals surface area contributed by atoms with Gasteiger partial charge in [0.25, 0.3) is 0 Å².